The number of hydrogen-bond donors (Lipinski definition) is 1. The Morgan fingerprint density at radius 1 is 1.16 bits per heavy atom. The Balaban J connectivity index is 1.96. The van der Waals surface area contributed by atoms with Gasteiger partial charge in [0.15, 0.2) is 0 Å². The Bertz CT molecular complexity index is 613. The molecule has 0 fully saturated rings. The first-order valence-electron chi connectivity index (χ1n) is 5.78. The molecular weight excluding hydrogens is 316 g/mol. The molecule has 0 saturated carbocycles. The molecule has 2 aromatic carbocycles. The quantitative estimate of drug-likeness (QED) is 0.845. The lowest BCUT2D eigenvalue weighted by Crippen LogP contribution is -2.25. The highest BCUT2D eigenvalue weighted by molar-refractivity contribution is 9.10. The molecule has 5 heteroatoms. The molecule has 2 aromatic rings. The number of benzene rings is 2. The van der Waals surface area contributed by atoms with Crippen LogP contribution in [0.2, 0.25) is 0 Å². The van der Waals surface area contributed by atoms with Crippen LogP contribution in [0.5, 0.6) is 5.75 Å². The Labute approximate surface area is 117 Å². The van der Waals surface area contributed by atoms with Crippen LogP contribution < -0.4 is 10.1 Å². The van der Waals surface area contributed by atoms with E-state index in [4.69, 9.17) is 4.74 Å². The molecule has 0 aliphatic carbocycles. The van der Waals surface area contributed by atoms with Gasteiger partial charge >= 0.3 is 0 Å². The standard InChI is InChI=1S/C14H10BrF2NO/c15-8-4-5-11-13(6-8)19-7-12(18-11)14-9(16)2-1-3-10(14)17/h1-6,12,18H,7H2. The molecule has 0 radical (unpaired) electrons. The molecule has 0 bridgehead atoms. The molecule has 0 aromatic heterocycles. The molecule has 1 unspecified atom stereocenters. The summed E-state index contributed by atoms with van der Waals surface area (Å²) in [6.07, 6.45) is 0. The van der Waals surface area contributed by atoms with Crippen molar-refractivity contribution in [3.8, 4) is 5.75 Å². The summed E-state index contributed by atoms with van der Waals surface area (Å²) in [4.78, 5) is 0. The summed E-state index contributed by atoms with van der Waals surface area (Å²) in [5, 5.41) is 3.10. The molecule has 1 heterocycles. The zero-order valence-electron chi connectivity index (χ0n) is 9.79. The zero-order valence-corrected chi connectivity index (χ0v) is 11.4. The van der Waals surface area contributed by atoms with Gasteiger partial charge in [-0.25, -0.2) is 8.78 Å². The largest absolute Gasteiger partial charge is 0.489 e. The number of nitrogens with one attached hydrogen (secondary N) is 1. The monoisotopic (exact) mass is 325 g/mol. The van der Waals surface area contributed by atoms with Crippen LogP contribution >= 0.6 is 15.9 Å². The number of hydrogen-bond acceptors (Lipinski definition) is 2. The summed E-state index contributed by atoms with van der Waals surface area (Å²) in [5.74, 6) is -0.467. The lowest BCUT2D eigenvalue weighted by atomic mass is 10.0. The molecule has 98 valence electrons. The van der Waals surface area contributed by atoms with Crippen LogP contribution in [0.1, 0.15) is 11.6 Å². The van der Waals surface area contributed by atoms with Crippen LogP contribution in [0, 0.1) is 11.6 Å². The van der Waals surface area contributed by atoms with Crippen molar-refractivity contribution in [2.75, 3.05) is 11.9 Å². The van der Waals surface area contributed by atoms with Gasteiger partial charge in [-0.05, 0) is 30.3 Å². The van der Waals surface area contributed by atoms with Gasteiger partial charge in [-0.3, -0.25) is 0 Å². The predicted octanol–water partition coefficient (Wildman–Crippen LogP) is 4.27. The topological polar surface area (TPSA) is 21.3 Å². The van der Waals surface area contributed by atoms with Crippen molar-refractivity contribution in [2.45, 2.75) is 6.04 Å². The zero-order chi connectivity index (χ0) is 13.4. The highest BCUT2D eigenvalue weighted by atomic mass is 79.9. The first-order chi connectivity index (χ1) is 9.15. The van der Waals surface area contributed by atoms with Crippen molar-refractivity contribution in [3.05, 3.63) is 58.1 Å². The molecule has 1 N–H and O–H groups in total. The maximum atomic E-state index is 13.7. The highest BCUT2D eigenvalue weighted by Crippen LogP contribution is 2.36. The number of ether oxygens (including phenoxy) is 1. The van der Waals surface area contributed by atoms with E-state index in [1.165, 1.54) is 18.2 Å². The van der Waals surface area contributed by atoms with Crippen LogP contribution in [0.15, 0.2) is 40.9 Å². The van der Waals surface area contributed by atoms with E-state index in [9.17, 15) is 8.78 Å². The van der Waals surface area contributed by atoms with Crippen molar-refractivity contribution < 1.29 is 13.5 Å². The first-order valence-corrected chi connectivity index (χ1v) is 6.57. The molecular formula is C14H10BrF2NO. The van der Waals surface area contributed by atoms with Crippen LogP contribution in [0.3, 0.4) is 0 Å². The molecule has 0 saturated heterocycles. The van der Waals surface area contributed by atoms with E-state index in [0.29, 0.717) is 5.75 Å². The van der Waals surface area contributed by atoms with Crippen LogP contribution in [-0.4, -0.2) is 6.61 Å². The predicted molar refractivity (Wildman–Crippen MR) is 72.4 cm³/mol. The summed E-state index contributed by atoms with van der Waals surface area (Å²) in [5.41, 5.74) is 0.734. The fourth-order valence-corrected chi connectivity index (χ4v) is 2.48. The van der Waals surface area contributed by atoms with E-state index in [2.05, 4.69) is 21.2 Å². The normalized spacial score (nSPS) is 17.3. The molecule has 19 heavy (non-hydrogen) atoms. The van der Waals surface area contributed by atoms with E-state index in [0.717, 1.165) is 10.2 Å². The maximum Gasteiger partial charge on any atom is 0.143 e. The third-order valence-corrected chi connectivity index (χ3v) is 3.52. The van der Waals surface area contributed by atoms with Gasteiger partial charge < -0.3 is 10.1 Å². The van der Waals surface area contributed by atoms with E-state index < -0.39 is 17.7 Å². The van der Waals surface area contributed by atoms with Gasteiger partial charge in [0.1, 0.15) is 24.0 Å². The molecule has 1 aliphatic rings. The van der Waals surface area contributed by atoms with Gasteiger partial charge in [0.05, 0.1) is 11.7 Å². The van der Waals surface area contributed by atoms with Crippen LogP contribution in [-0.2, 0) is 0 Å². The SMILES string of the molecule is Fc1cccc(F)c1C1COc2cc(Br)ccc2N1. The molecule has 1 aliphatic heterocycles. The number of rotatable bonds is 1. The lowest BCUT2D eigenvalue weighted by molar-refractivity contribution is 0.280. The minimum Gasteiger partial charge on any atom is -0.489 e. The maximum absolute atomic E-state index is 13.7. The minimum absolute atomic E-state index is 0.0102. The second kappa shape index (κ2) is 4.81. The average Bonchev–Trinajstić information content (AvgIpc) is 2.38. The van der Waals surface area contributed by atoms with Crippen LogP contribution in [0.25, 0.3) is 0 Å². The van der Waals surface area contributed by atoms with Gasteiger partial charge in [0.2, 0.25) is 0 Å². The summed E-state index contributed by atoms with van der Waals surface area (Å²) in [6.45, 7) is 0.182. The van der Waals surface area contributed by atoms with Gasteiger partial charge in [0, 0.05) is 10.0 Å². The molecule has 0 spiro atoms. The fourth-order valence-electron chi connectivity index (χ4n) is 2.14. The highest BCUT2D eigenvalue weighted by Gasteiger charge is 2.25. The molecule has 0 amide bonds. The van der Waals surface area contributed by atoms with E-state index in [1.54, 1.807) is 0 Å². The second-order valence-corrected chi connectivity index (χ2v) is 5.20. The van der Waals surface area contributed by atoms with Gasteiger partial charge in [0.25, 0.3) is 0 Å². The molecule has 2 nitrogen and oxygen atoms in total. The van der Waals surface area contributed by atoms with E-state index >= 15 is 0 Å². The van der Waals surface area contributed by atoms with Crippen LogP contribution in [0.4, 0.5) is 14.5 Å². The Hall–Kier alpha value is -1.62. The lowest BCUT2D eigenvalue weighted by Gasteiger charge is -2.28. The number of halogens is 3. The van der Waals surface area contributed by atoms with Gasteiger partial charge in [-0.2, -0.15) is 0 Å². The number of fused-ring (bicyclic) bond motifs is 1. The molecule has 1 atom stereocenters. The average molecular weight is 326 g/mol. The van der Waals surface area contributed by atoms with E-state index in [-0.39, 0.29) is 12.2 Å². The van der Waals surface area contributed by atoms with Crippen molar-refractivity contribution >= 4 is 21.6 Å². The Kier molecular flexibility index (Phi) is 3.14. The first kappa shape index (κ1) is 12.4. The third-order valence-electron chi connectivity index (χ3n) is 3.03. The smallest absolute Gasteiger partial charge is 0.143 e. The Morgan fingerprint density at radius 3 is 2.63 bits per heavy atom. The Morgan fingerprint density at radius 2 is 1.89 bits per heavy atom. The molecule has 3 rings (SSSR count). The van der Waals surface area contributed by atoms with E-state index in [1.807, 2.05) is 18.2 Å². The van der Waals surface area contributed by atoms with Crippen molar-refractivity contribution in [2.24, 2.45) is 0 Å². The fraction of sp³-hybridized carbons (Fsp3) is 0.143. The van der Waals surface area contributed by atoms with Gasteiger partial charge in [-0.15, -0.1) is 0 Å². The third kappa shape index (κ3) is 2.30. The van der Waals surface area contributed by atoms with Crippen molar-refractivity contribution in [1.29, 1.82) is 0 Å². The summed E-state index contributed by atoms with van der Waals surface area (Å²) >= 11 is 3.35. The van der Waals surface area contributed by atoms with Gasteiger partial charge in [-0.1, -0.05) is 22.0 Å². The summed E-state index contributed by atoms with van der Waals surface area (Å²) in [6, 6.07) is 8.78. The second-order valence-electron chi connectivity index (χ2n) is 4.28. The number of anilines is 1. The van der Waals surface area contributed by atoms with Crippen molar-refractivity contribution in [3.63, 3.8) is 0 Å². The minimum atomic E-state index is -0.568. The summed E-state index contributed by atoms with van der Waals surface area (Å²) < 4.78 is 33.9. The summed E-state index contributed by atoms with van der Waals surface area (Å²) in [7, 11) is 0. The van der Waals surface area contributed by atoms with Crippen molar-refractivity contribution in [1.82, 2.24) is 0 Å².